The van der Waals surface area contributed by atoms with Crippen LogP contribution < -0.4 is 9.47 Å². The zero-order chi connectivity index (χ0) is 44.2. The quantitative estimate of drug-likeness (QED) is 0.0488. The smallest absolute Gasteiger partial charge is 0.179 e. The minimum Gasteiger partial charge on any atom is -0.506 e. The second-order valence-corrected chi connectivity index (χ2v) is 20.5. The lowest BCUT2D eigenvalue weighted by Gasteiger charge is -2.65. The number of halogens is 2. The second-order valence-electron chi connectivity index (χ2n) is 18.2. The van der Waals surface area contributed by atoms with Crippen LogP contribution in [0.4, 0.5) is 0 Å². The molecule has 2 saturated carbocycles. The van der Waals surface area contributed by atoms with Crippen molar-refractivity contribution in [1.29, 1.82) is 0 Å². The summed E-state index contributed by atoms with van der Waals surface area (Å²) < 4.78 is 14.9. The van der Waals surface area contributed by atoms with Crippen molar-refractivity contribution in [2.75, 3.05) is 0 Å². The molecule has 2 aliphatic rings. The molecule has 60 heavy (non-hydrogen) atoms. The highest BCUT2D eigenvalue weighted by Crippen LogP contribution is 2.68. The number of carbonyl (C=O) groups is 2. The first-order valence-electron chi connectivity index (χ1n) is 20.9. The number of ether oxygens (including phenoxy) is 2. The third kappa shape index (κ3) is 9.76. The Morgan fingerprint density at radius 2 is 1.35 bits per heavy atom. The number of fused-ring (bicyclic) bond motifs is 2. The molecule has 2 N–H and O–H groups in total. The Hall–Kier alpha value is -3.48. The molecule has 0 heterocycles. The minimum absolute atomic E-state index is 0.114. The highest BCUT2D eigenvalue weighted by Gasteiger charge is 2.73. The van der Waals surface area contributed by atoms with Crippen LogP contribution in [-0.4, -0.2) is 27.9 Å². The molecule has 5 rings (SSSR count). The first-order valence-corrected chi connectivity index (χ1v) is 23.1. The van der Waals surface area contributed by atoms with E-state index in [4.69, 9.17) is 9.47 Å². The van der Waals surface area contributed by atoms with Gasteiger partial charge in [-0.15, -0.1) is 0 Å². The Bertz CT molecular complexity index is 2230. The monoisotopic (exact) mass is 1040 g/mol. The molecule has 0 aliphatic heterocycles. The molecule has 2 bridgehead atoms. The number of allylic oxidation sites excluding steroid dienone is 8. The number of aliphatic hydroxyl groups excluding tert-OH is 2. The molecule has 2 aliphatic carbocycles. The maximum Gasteiger partial charge on any atom is 0.179 e. The number of benzene rings is 3. The number of ketones is 2. The van der Waals surface area contributed by atoms with E-state index in [-0.39, 0.29) is 42.6 Å². The van der Waals surface area contributed by atoms with E-state index in [2.05, 4.69) is 91.6 Å². The Balaban J connectivity index is 1.74. The fourth-order valence-electron chi connectivity index (χ4n) is 9.14. The molecule has 8 heteroatoms. The van der Waals surface area contributed by atoms with Crippen molar-refractivity contribution in [2.24, 2.45) is 28.1 Å². The summed E-state index contributed by atoms with van der Waals surface area (Å²) >= 11 is 4.57. The lowest BCUT2D eigenvalue weighted by atomic mass is 9.37. The van der Waals surface area contributed by atoms with Crippen LogP contribution in [0.1, 0.15) is 111 Å². The summed E-state index contributed by atoms with van der Waals surface area (Å²) in [6.07, 6.45) is 7.23. The van der Waals surface area contributed by atoms with E-state index in [0.717, 1.165) is 40.6 Å². The van der Waals surface area contributed by atoms with Crippen LogP contribution in [0, 0.1) is 35.2 Å². The number of Topliss-reactive ketones (excluding diaryl/α,β-unsaturated/α-hetero) is 2. The summed E-state index contributed by atoms with van der Waals surface area (Å²) in [7, 11) is 0. The van der Waals surface area contributed by atoms with Gasteiger partial charge in [0, 0.05) is 23.8 Å². The number of rotatable bonds is 16. The number of carbonyl (C=O) groups excluding carboxylic acids is 2. The van der Waals surface area contributed by atoms with Crippen LogP contribution in [0.15, 0.2) is 119 Å². The van der Waals surface area contributed by atoms with Gasteiger partial charge in [-0.1, -0.05) is 97.3 Å². The summed E-state index contributed by atoms with van der Waals surface area (Å²) in [6, 6.07) is 21.0. The molecule has 0 saturated heterocycles. The predicted molar refractivity (Wildman–Crippen MR) is 261 cm³/mol. The summed E-state index contributed by atoms with van der Waals surface area (Å²) in [4.78, 5) is 31.3. The van der Waals surface area contributed by atoms with Gasteiger partial charge in [0.25, 0.3) is 0 Å². The van der Waals surface area contributed by atoms with Gasteiger partial charge < -0.3 is 19.7 Å². The third-order valence-electron chi connectivity index (χ3n) is 13.0. The van der Waals surface area contributed by atoms with E-state index in [1.807, 2.05) is 89.2 Å². The van der Waals surface area contributed by atoms with Gasteiger partial charge in [-0.3, -0.25) is 9.59 Å². The maximum absolute atomic E-state index is 15.6. The number of hydrogen-bond acceptors (Lipinski definition) is 6. The van der Waals surface area contributed by atoms with Gasteiger partial charge in [0.05, 0.1) is 16.9 Å². The Kier molecular flexibility index (Phi) is 15.6. The van der Waals surface area contributed by atoms with Crippen LogP contribution in [0.5, 0.6) is 11.5 Å². The largest absolute Gasteiger partial charge is 0.506 e. The molecule has 0 spiro atoms. The van der Waals surface area contributed by atoms with E-state index in [0.29, 0.717) is 37.2 Å². The molecule has 320 valence electrons. The Labute approximate surface area is 385 Å². The molecule has 5 unspecified atom stereocenters. The standard InChI is InChI=1S/C52H62I2O6/c1-32(2)19-21-37(35(7)8)28-51-29-40(23-20-33(3)4)50(9,10)52(49(51)58,26-25-34(5)6)48(57)45(47(51)56)46(55)36-22-24-43(59-30-38-15-11-13-17-41(38)53)44(27-36)60-31-39-16-12-14-18-42(39)54/h11-20,22,24-25,27,37,40,49,55,58H,7,21,23,26,28-31H2,1-6,8-10H3. The zero-order valence-electron chi connectivity index (χ0n) is 36.8. The topological polar surface area (TPSA) is 93.1 Å². The van der Waals surface area contributed by atoms with Crippen molar-refractivity contribution in [3.8, 4) is 11.5 Å². The Morgan fingerprint density at radius 1 is 0.800 bits per heavy atom. The average molecular weight is 1040 g/mol. The van der Waals surface area contributed by atoms with Crippen molar-refractivity contribution in [1.82, 2.24) is 0 Å². The van der Waals surface area contributed by atoms with Gasteiger partial charge >= 0.3 is 0 Å². The fraction of sp³-hybridized carbons (Fsp3) is 0.423. The summed E-state index contributed by atoms with van der Waals surface area (Å²) in [5.41, 5.74) is 2.63. The zero-order valence-corrected chi connectivity index (χ0v) is 41.1. The Morgan fingerprint density at radius 3 is 1.88 bits per heavy atom. The van der Waals surface area contributed by atoms with E-state index in [1.54, 1.807) is 18.2 Å². The van der Waals surface area contributed by atoms with E-state index >= 15 is 9.59 Å². The minimum atomic E-state index is -1.42. The maximum atomic E-state index is 15.6. The SMILES string of the molecule is C=C(C)C(CC=C(C)C)CC12CC(CC=C(C)C)C(C)(C)C(CC=C(C)C)(C(=O)C(=C(O)c3ccc(OCc4ccccc4I)c(OCc4ccccc4I)c3)C1=O)C2O. The van der Waals surface area contributed by atoms with Crippen molar-refractivity contribution in [3.05, 3.63) is 143 Å². The summed E-state index contributed by atoms with van der Waals surface area (Å²) in [6.45, 7) is 23.2. The highest BCUT2D eigenvalue weighted by molar-refractivity contribution is 14.1. The molecule has 0 radical (unpaired) electrons. The lowest BCUT2D eigenvalue weighted by molar-refractivity contribution is -0.208. The summed E-state index contributed by atoms with van der Waals surface area (Å²) in [5, 5.41) is 25.6. The van der Waals surface area contributed by atoms with Crippen molar-refractivity contribution in [3.63, 3.8) is 0 Å². The van der Waals surface area contributed by atoms with Gasteiger partial charge in [0.1, 0.15) is 24.5 Å². The van der Waals surface area contributed by atoms with Crippen molar-refractivity contribution >= 4 is 62.5 Å². The van der Waals surface area contributed by atoms with Gasteiger partial charge in [-0.05, 0) is 173 Å². The normalized spacial score (nSPS) is 23.3. The first-order chi connectivity index (χ1) is 28.3. The lowest BCUT2D eigenvalue weighted by Crippen LogP contribution is -2.71. The van der Waals surface area contributed by atoms with Gasteiger partial charge in [0.15, 0.2) is 23.1 Å². The third-order valence-corrected chi connectivity index (χ3v) is 15.1. The molecular formula is C52H62I2O6. The van der Waals surface area contributed by atoms with Crippen LogP contribution in [0.3, 0.4) is 0 Å². The van der Waals surface area contributed by atoms with Gasteiger partial charge in [0.2, 0.25) is 0 Å². The van der Waals surface area contributed by atoms with Crippen LogP contribution in [0.2, 0.25) is 0 Å². The highest BCUT2D eigenvalue weighted by atomic mass is 127. The molecule has 5 atom stereocenters. The predicted octanol–water partition coefficient (Wildman–Crippen LogP) is 13.5. The number of aliphatic hydroxyl groups is 2. The first kappa shape index (κ1) is 47.6. The molecular weight excluding hydrogens is 974 g/mol. The molecule has 2 fully saturated rings. The molecule has 3 aromatic carbocycles. The second kappa shape index (κ2) is 19.7. The van der Waals surface area contributed by atoms with Gasteiger partial charge in [-0.25, -0.2) is 0 Å². The van der Waals surface area contributed by atoms with Gasteiger partial charge in [-0.2, -0.15) is 0 Å². The van der Waals surface area contributed by atoms with E-state index in [9.17, 15) is 10.2 Å². The summed E-state index contributed by atoms with van der Waals surface area (Å²) in [5.74, 6) is -0.884. The van der Waals surface area contributed by atoms with Crippen molar-refractivity contribution < 1.29 is 29.3 Å². The molecule has 6 nitrogen and oxygen atoms in total. The van der Waals surface area contributed by atoms with Crippen LogP contribution in [-0.2, 0) is 22.8 Å². The van der Waals surface area contributed by atoms with E-state index < -0.39 is 39.7 Å². The number of hydrogen-bond donors (Lipinski definition) is 2. The molecule has 0 amide bonds. The van der Waals surface area contributed by atoms with E-state index in [1.165, 1.54) is 0 Å². The van der Waals surface area contributed by atoms with Crippen LogP contribution in [0.25, 0.3) is 5.76 Å². The average Bonchev–Trinajstić information content (AvgIpc) is 3.18. The van der Waals surface area contributed by atoms with Crippen molar-refractivity contribution in [2.45, 2.75) is 114 Å². The van der Waals surface area contributed by atoms with Crippen LogP contribution >= 0.6 is 45.2 Å². The molecule has 0 aromatic heterocycles. The molecule has 3 aromatic rings. The fourth-order valence-corrected chi connectivity index (χ4v) is 10.2.